The highest BCUT2D eigenvalue weighted by molar-refractivity contribution is 6.39. The topological polar surface area (TPSA) is 46.5 Å². The van der Waals surface area contributed by atoms with E-state index < -0.39 is 5.97 Å². The molecule has 15 heavy (non-hydrogen) atoms. The summed E-state index contributed by atoms with van der Waals surface area (Å²) >= 11 is 11.5. The zero-order valence-corrected chi connectivity index (χ0v) is 9.18. The lowest BCUT2D eigenvalue weighted by Crippen LogP contribution is -2.06. The number of phenols is 1. The van der Waals surface area contributed by atoms with E-state index in [2.05, 4.69) is 6.58 Å². The second-order valence-corrected chi connectivity index (χ2v) is 3.49. The first kappa shape index (κ1) is 11.9. The van der Waals surface area contributed by atoms with E-state index in [4.69, 9.17) is 33.0 Å². The standard InChI is InChI=1S/C10H8Cl2O3/c1-2-3-15-10(14)9-7(11)4-6(13)5-8(9)12/h2,4-5,13H,1,3H2. The fourth-order valence-electron chi connectivity index (χ4n) is 0.962. The molecule has 0 aliphatic rings. The number of carbonyl (C=O) groups excluding carboxylic acids is 1. The van der Waals surface area contributed by atoms with Crippen molar-refractivity contribution >= 4 is 29.2 Å². The fourth-order valence-corrected chi connectivity index (χ4v) is 1.59. The Morgan fingerprint density at radius 3 is 2.47 bits per heavy atom. The van der Waals surface area contributed by atoms with Crippen LogP contribution < -0.4 is 0 Å². The van der Waals surface area contributed by atoms with Crippen molar-refractivity contribution in [1.29, 1.82) is 0 Å². The van der Waals surface area contributed by atoms with Crippen molar-refractivity contribution in [2.75, 3.05) is 6.61 Å². The molecule has 1 N–H and O–H groups in total. The van der Waals surface area contributed by atoms with Crippen LogP contribution in [-0.2, 0) is 4.74 Å². The Morgan fingerprint density at radius 2 is 2.00 bits per heavy atom. The summed E-state index contributed by atoms with van der Waals surface area (Å²) < 4.78 is 4.77. The molecule has 80 valence electrons. The molecule has 0 unspecified atom stereocenters. The van der Waals surface area contributed by atoms with Gasteiger partial charge in [0.2, 0.25) is 0 Å². The number of halogens is 2. The van der Waals surface area contributed by atoms with Gasteiger partial charge in [0, 0.05) is 0 Å². The summed E-state index contributed by atoms with van der Waals surface area (Å²) in [7, 11) is 0. The Labute approximate surface area is 96.9 Å². The Morgan fingerprint density at radius 1 is 1.47 bits per heavy atom. The summed E-state index contributed by atoms with van der Waals surface area (Å²) in [6, 6.07) is 2.44. The lowest BCUT2D eigenvalue weighted by atomic mass is 10.2. The number of aromatic hydroxyl groups is 1. The summed E-state index contributed by atoms with van der Waals surface area (Å²) in [4.78, 5) is 11.4. The smallest absolute Gasteiger partial charge is 0.341 e. The molecule has 0 aromatic heterocycles. The molecule has 0 aliphatic carbocycles. The van der Waals surface area contributed by atoms with E-state index in [0.717, 1.165) is 0 Å². The van der Waals surface area contributed by atoms with Gasteiger partial charge in [-0.2, -0.15) is 0 Å². The number of ether oxygens (including phenoxy) is 1. The lowest BCUT2D eigenvalue weighted by molar-refractivity contribution is 0.0550. The molecule has 5 heteroatoms. The maximum absolute atomic E-state index is 11.4. The molecule has 0 bridgehead atoms. The molecule has 1 aromatic rings. The normalized spacial score (nSPS) is 9.73. The second-order valence-electron chi connectivity index (χ2n) is 2.67. The fraction of sp³-hybridized carbons (Fsp3) is 0.100. The van der Waals surface area contributed by atoms with E-state index >= 15 is 0 Å². The van der Waals surface area contributed by atoms with Gasteiger partial charge in [0.25, 0.3) is 0 Å². The zero-order valence-electron chi connectivity index (χ0n) is 7.67. The van der Waals surface area contributed by atoms with Crippen molar-refractivity contribution in [3.05, 3.63) is 40.4 Å². The Kier molecular flexibility index (Phi) is 4.00. The van der Waals surface area contributed by atoms with Gasteiger partial charge < -0.3 is 9.84 Å². The molecule has 0 spiro atoms. The van der Waals surface area contributed by atoms with E-state index in [0.29, 0.717) is 0 Å². The number of rotatable bonds is 3. The maximum Gasteiger partial charge on any atom is 0.341 e. The van der Waals surface area contributed by atoms with Gasteiger partial charge in [-0.25, -0.2) is 4.79 Å². The molecule has 0 aliphatic heterocycles. The first-order valence-electron chi connectivity index (χ1n) is 4.02. The number of carbonyl (C=O) groups is 1. The van der Waals surface area contributed by atoms with Gasteiger partial charge >= 0.3 is 5.97 Å². The van der Waals surface area contributed by atoms with Gasteiger partial charge in [0.15, 0.2) is 0 Å². The minimum absolute atomic E-state index is 0.0398. The first-order chi connectivity index (χ1) is 7.06. The minimum atomic E-state index is -0.648. The Bertz CT molecular complexity index is 379. The quantitative estimate of drug-likeness (QED) is 0.659. The molecule has 3 nitrogen and oxygen atoms in total. The number of hydrogen-bond donors (Lipinski definition) is 1. The Hall–Kier alpha value is -1.19. The molecule has 0 amide bonds. The number of esters is 1. The van der Waals surface area contributed by atoms with Gasteiger partial charge in [-0.05, 0) is 12.1 Å². The zero-order chi connectivity index (χ0) is 11.4. The van der Waals surface area contributed by atoms with Crippen LogP contribution in [0, 0.1) is 0 Å². The number of phenolic OH excluding ortho intramolecular Hbond substituents is 1. The number of benzene rings is 1. The number of hydrogen-bond acceptors (Lipinski definition) is 3. The molecule has 0 radical (unpaired) electrons. The molecular weight excluding hydrogens is 239 g/mol. The molecule has 0 atom stereocenters. The van der Waals surface area contributed by atoms with Crippen LogP contribution in [-0.4, -0.2) is 17.7 Å². The third-order valence-corrected chi connectivity index (χ3v) is 2.16. The van der Waals surface area contributed by atoms with Gasteiger partial charge in [0.1, 0.15) is 12.4 Å². The largest absolute Gasteiger partial charge is 0.508 e. The monoisotopic (exact) mass is 246 g/mol. The average molecular weight is 247 g/mol. The minimum Gasteiger partial charge on any atom is -0.508 e. The van der Waals surface area contributed by atoms with Crippen LogP contribution >= 0.6 is 23.2 Å². The maximum atomic E-state index is 11.4. The van der Waals surface area contributed by atoms with Crippen molar-refractivity contribution in [3.63, 3.8) is 0 Å². The lowest BCUT2D eigenvalue weighted by Gasteiger charge is -2.06. The van der Waals surface area contributed by atoms with Crippen molar-refractivity contribution < 1.29 is 14.6 Å². The third kappa shape index (κ3) is 2.88. The van der Waals surface area contributed by atoms with Crippen molar-refractivity contribution in [3.8, 4) is 5.75 Å². The highest BCUT2D eigenvalue weighted by Crippen LogP contribution is 2.30. The molecule has 0 saturated heterocycles. The molecule has 0 heterocycles. The average Bonchev–Trinajstić information content (AvgIpc) is 2.12. The predicted molar refractivity (Wildman–Crippen MR) is 58.6 cm³/mol. The molecular formula is C10H8Cl2O3. The van der Waals surface area contributed by atoms with Gasteiger partial charge in [-0.1, -0.05) is 35.9 Å². The highest BCUT2D eigenvalue weighted by Gasteiger charge is 2.16. The summed E-state index contributed by atoms with van der Waals surface area (Å²) in [6.07, 6.45) is 1.43. The third-order valence-electron chi connectivity index (χ3n) is 1.56. The van der Waals surface area contributed by atoms with Crippen LogP contribution in [0.25, 0.3) is 0 Å². The van der Waals surface area contributed by atoms with E-state index in [1.165, 1.54) is 18.2 Å². The van der Waals surface area contributed by atoms with Crippen LogP contribution in [0.5, 0.6) is 5.75 Å². The van der Waals surface area contributed by atoms with Crippen LogP contribution in [0.4, 0.5) is 0 Å². The SMILES string of the molecule is C=CCOC(=O)c1c(Cl)cc(O)cc1Cl. The summed E-state index contributed by atoms with van der Waals surface area (Å²) in [5.41, 5.74) is 0.0398. The van der Waals surface area contributed by atoms with Crippen molar-refractivity contribution in [1.82, 2.24) is 0 Å². The van der Waals surface area contributed by atoms with E-state index in [9.17, 15) is 4.79 Å². The first-order valence-corrected chi connectivity index (χ1v) is 4.78. The molecule has 0 fully saturated rings. The van der Waals surface area contributed by atoms with Gasteiger partial charge in [-0.3, -0.25) is 0 Å². The van der Waals surface area contributed by atoms with Crippen LogP contribution in [0.3, 0.4) is 0 Å². The van der Waals surface area contributed by atoms with Crippen molar-refractivity contribution in [2.24, 2.45) is 0 Å². The van der Waals surface area contributed by atoms with Crippen molar-refractivity contribution in [2.45, 2.75) is 0 Å². The predicted octanol–water partition coefficient (Wildman–Crippen LogP) is 3.04. The summed E-state index contributed by atoms with van der Waals surface area (Å²) in [6.45, 7) is 3.48. The van der Waals surface area contributed by atoms with E-state index in [1.54, 1.807) is 0 Å². The van der Waals surface area contributed by atoms with Crippen LogP contribution in [0.2, 0.25) is 10.0 Å². The van der Waals surface area contributed by atoms with E-state index in [-0.39, 0.29) is 28.0 Å². The summed E-state index contributed by atoms with van der Waals surface area (Å²) in [5, 5.41) is 9.24. The molecule has 1 rings (SSSR count). The van der Waals surface area contributed by atoms with E-state index in [1.807, 2.05) is 0 Å². The second kappa shape index (κ2) is 5.05. The Balaban J connectivity index is 3.03. The molecule has 1 aromatic carbocycles. The molecule has 0 saturated carbocycles. The van der Waals surface area contributed by atoms with Crippen LogP contribution in [0.1, 0.15) is 10.4 Å². The summed E-state index contributed by atoms with van der Waals surface area (Å²) in [5.74, 6) is -0.754. The van der Waals surface area contributed by atoms with Gasteiger partial charge in [0.05, 0.1) is 15.6 Å². The van der Waals surface area contributed by atoms with Crippen LogP contribution in [0.15, 0.2) is 24.8 Å². The van der Waals surface area contributed by atoms with Gasteiger partial charge in [-0.15, -0.1) is 0 Å². The highest BCUT2D eigenvalue weighted by atomic mass is 35.5.